The Morgan fingerprint density at radius 3 is 2.67 bits per heavy atom. The van der Waals surface area contributed by atoms with Crippen molar-refractivity contribution < 1.29 is 24.2 Å². The molecule has 0 radical (unpaired) electrons. The van der Waals surface area contributed by atoms with Crippen molar-refractivity contribution in [2.45, 2.75) is 0 Å². The predicted molar refractivity (Wildman–Crippen MR) is 84.7 cm³/mol. The number of para-hydroxylation sites is 1. The maximum absolute atomic E-state index is 11.9. The zero-order chi connectivity index (χ0) is 17.5. The Bertz CT molecular complexity index is 811. The number of hydrogen-bond donors (Lipinski definition) is 2. The van der Waals surface area contributed by atoms with Crippen LogP contribution in [0.25, 0.3) is 0 Å². The second kappa shape index (κ2) is 7.65. The van der Waals surface area contributed by atoms with Crippen molar-refractivity contribution in [3.8, 4) is 17.6 Å². The van der Waals surface area contributed by atoms with E-state index in [9.17, 15) is 14.7 Å². The van der Waals surface area contributed by atoms with Gasteiger partial charge in [-0.3, -0.25) is 4.79 Å². The van der Waals surface area contributed by atoms with Gasteiger partial charge in [-0.25, -0.2) is 4.79 Å². The molecule has 122 valence electrons. The zero-order valence-electron chi connectivity index (χ0n) is 12.8. The van der Waals surface area contributed by atoms with Crippen LogP contribution < -0.4 is 10.1 Å². The Balaban J connectivity index is 1.96. The van der Waals surface area contributed by atoms with Crippen molar-refractivity contribution in [3.63, 3.8) is 0 Å². The Labute approximate surface area is 138 Å². The molecule has 0 heterocycles. The maximum atomic E-state index is 11.9. The molecule has 0 saturated carbocycles. The van der Waals surface area contributed by atoms with E-state index in [1.807, 2.05) is 6.07 Å². The highest BCUT2D eigenvalue weighted by atomic mass is 16.5. The average molecular weight is 326 g/mol. The summed E-state index contributed by atoms with van der Waals surface area (Å²) in [6.07, 6.45) is 0. The van der Waals surface area contributed by atoms with Crippen LogP contribution in [-0.2, 0) is 9.53 Å². The van der Waals surface area contributed by atoms with Crippen molar-refractivity contribution in [2.75, 3.05) is 19.0 Å². The number of aromatic hydroxyl groups is 1. The lowest BCUT2D eigenvalue weighted by atomic mass is 10.2. The van der Waals surface area contributed by atoms with E-state index in [2.05, 4.69) is 5.32 Å². The number of phenols is 1. The van der Waals surface area contributed by atoms with Crippen LogP contribution in [0, 0.1) is 11.3 Å². The van der Waals surface area contributed by atoms with Gasteiger partial charge >= 0.3 is 5.97 Å². The van der Waals surface area contributed by atoms with Gasteiger partial charge in [0.25, 0.3) is 5.91 Å². The second-order valence-corrected chi connectivity index (χ2v) is 4.66. The molecule has 2 aromatic rings. The summed E-state index contributed by atoms with van der Waals surface area (Å²) in [5.74, 6) is -1.37. The van der Waals surface area contributed by atoms with Gasteiger partial charge in [0, 0.05) is 6.07 Å². The topological polar surface area (TPSA) is 109 Å². The molecule has 0 saturated heterocycles. The van der Waals surface area contributed by atoms with E-state index in [1.54, 1.807) is 24.3 Å². The van der Waals surface area contributed by atoms with Gasteiger partial charge in [0.2, 0.25) is 0 Å². The second-order valence-electron chi connectivity index (χ2n) is 4.66. The number of hydrogen-bond acceptors (Lipinski definition) is 6. The number of benzene rings is 2. The highest BCUT2D eigenvalue weighted by Gasteiger charge is 2.15. The third-order valence-corrected chi connectivity index (χ3v) is 3.08. The Morgan fingerprint density at radius 1 is 1.25 bits per heavy atom. The highest BCUT2D eigenvalue weighted by molar-refractivity contribution is 5.97. The van der Waals surface area contributed by atoms with E-state index >= 15 is 0 Å². The van der Waals surface area contributed by atoms with E-state index in [0.29, 0.717) is 17.0 Å². The summed E-state index contributed by atoms with van der Waals surface area (Å²) in [5.41, 5.74) is 0.541. The van der Waals surface area contributed by atoms with Gasteiger partial charge in [0.15, 0.2) is 6.61 Å². The van der Waals surface area contributed by atoms with Gasteiger partial charge in [-0.2, -0.15) is 5.26 Å². The van der Waals surface area contributed by atoms with Crippen molar-refractivity contribution in [2.24, 2.45) is 0 Å². The van der Waals surface area contributed by atoms with Crippen LogP contribution in [-0.4, -0.2) is 30.7 Å². The molecular formula is C17H14N2O5. The number of nitrogens with zero attached hydrogens (tertiary/aromatic N) is 1. The minimum Gasteiger partial charge on any atom is -0.507 e. The van der Waals surface area contributed by atoms with E-state index in [0.717, 1.165) is 0 Å². The maximum Gasteiger partial charge on any atom is 0.342 e. The van der Waals surface area contributed by atoms with Crippen molar-refractivity contribution in [1.82, 2.24) is 0 Å². The molecule has 1 amide bonds. The number of esters is 1. The van der Waals surface area contributed by atoms with Gasteiger partial charge in [0.05, 0.1) is 18.4 Å². The van der Waals surface area contributed by atoms with Crippen molar-refractivity contribution >= 4 is 17.6 Å². The SMILES string of the molecule is COc1ccc(C(=O)OCC(=O)Nc2ccccc2C#N)c(O)c1. The van der Waals surface area contributed by atoms with Crippen LogP contribution in [0.5, 0.6) is 11.5 Å². The molecule has 7 heteroatoms. The first-order valence-corrected chi connectivity index (χ1v) is 6.88. The first-order chi connectivity index (χ1) is 11.5. The smallest absolute Gasteiger partial charge is 0.342 e. The quantitative estimate of drug-likeness (QED) is 0.814. The van der Waals surface area contributed by atoms with Gasteiger partial charge < -0.3 is 19.9 Å². The summed E-state index contributed by atoms with van der Waals surface area (Å²) in [7, 11) is 1.43. The van der Waals surface area contributed by atoms with Crippen LogP contribution in [0.2, 0.25) is 0 Å². The van der Waals surface area contributed by atoms with E-state index in [4.69, 9.17) is 14.7 Å². The van der Waals surface area contributed by atoms with Crippen LogP contribution in [0.15, 0.2) is 42.5 Å². The van der Waals surface area contributed by atoms with Crippen molar-refractivity contribution in [1.29, 1.82) is 5.26 Å². The Kier molecular flexibility index (Phi) is 5.36. The number of phenolic OH excluding ortho intramolecular Hbond substituents is 1. The van der Waals surface area contributed by atoms with Gasteiger partial charge in [-0.05, 0) is 24.3 Å². The van der Waals surface area contributed by atoms with E-state index in [1.165, 1.54) is 25.3 Å². The number of carbonyl (C=O) groups excluding carboxylic acids is 2. The summed E-state index contributed by atoms with van der Waals surface area (Å²) in [4.78, 5) is 23.7. The number of anilines is 1. The fourth-order valence-electron chi connectivity index (χ4n) is 1.90. The lowest BCUT2D eigenvalue weighted by molar-refractivity contribution is -0.119. The molecule has 0 aliphatic carbocycles. The molecular weight excluding hydrogens is 312 g/mol. The molecule has 0 spiro atoms. The molecule has 7 nitrogen and oxygen atoms in total. The minimum atomic E-state index is -0.848. The first kappa shape index (κ1) is 16.8. The van der Waals surface area contributed by atoms with Gasteiger partial charge in [-0.1, -0.05) is 12.1 Å². The Morgan fingerprint density at radius 2 is 2.00 bits per heavy atom. The standard InChI is InChI=1S/C17H14N2O5/c1-23-12-6-7-13(15(20)8-12)17(22)24-10-16(21)19-14-5-3-2-4-11(14)9-18/h2-8,20H,10H2,1H3,(H,19,21). The minimum absolute atomic E-state index is 0.0824. The van der Waals surface area contributed by atoms with Crippen LogP contribution in [0.3, 0.4) is 0 Å². The molecule has 0 bridgehead atoms. The summed E-state index contributed by atoms with van der Waals surface area (Å²) >= 11 is 0. The number of nitriles is 1. The molecule has 0 aromatic heterocycles. The van der Waals surface area contributed by atoms with Crippen LogP contribution >= 0.6 is 0 Å². The molecule has 0 atom stereocenters. The summed E-state index contributed by atoms with van der Waals surface area (Å²) < 4.78 is 9.77. The van der Waals surface area contributed by atoms with Gasteiger partial charge in [-0.15, -0.1) is 0 Å². The molecule has 0 aliphatic heterocycles. The number of methoxy groups -OCH3 is 1. The monoisotopic (exact) mass is 326 g/mol. The third-order valence-electron chi connectivity index (χ3n) is 3.08. The summed E-state index contributed by atoms with van der Waals surface area (Å²) in [6.45, 7) is -0.552. The van der Waals surface area contributed by atoms with E-state index < -0.39 is 18.5 Å². The number of ether oxygens (including phenoxy) is 2. The average Bonchev–Trinajstić information content (AvgIpc) is 2.60. The fourth-order valence-corrected chi connectivity index (χ4v) is 1.90. The number of carbonyl (C=O) groups is 2. The molecule has 2 aromatic carbocycles. The van der Waals surface area contributed by atoms with Crippen LogP contribution in [0.4, 0.5) is 5.69 Å². The number of rotatable bonds is 5. The lowest BCUT2D eigenvalue weighted by Crippen LogP contribution is -2.21. The lowest BCUT2D eigenvalue weighted by Gasteiger charge is -2.09. The van der Waals surface area contributed by atoms with Gasteiger partial charge in [0.1, 0.15) is 23.1 Å². The third kappa shape index (κ3) is 4.01. The highest BCUT2D eigenvalue weighted by Crippen LogP contribution is 2.24. The molecule has 2 N–H and O–H groups in total. The summed E-state index contributed by atoms with van der Waals surface area (Å²) in [6, 6.07) is 12.5. The normalized spacial score (nSPS) is 9.67. The molecule has 24 heavy (non-hydrogen) atoms. The molecule has 2 rings (SSSR count). The van der Waals surface area contributed by atoms with Crippen molar-refractivity contribution in [3.05, 3.63) is 53.6 Å². The Hall–Kier alpha value is -3.53. The number of nitrogens with one attached hydrogen (secondary N) is 1. The molecule has 0 fully saturated rings. The summed E-state index contributed by atoms with van der Waals surface area (Å²) in [5, 5.41) is 21.2. The number of amides is 1. The molecule has 0 aliphatic rings. The predicted octanol–water partition coefficient (Wildman–Crippen LogP) is 2.07. The molecule has 0 unspecified atom stereocenters. The first-order valence-electron chi connectivity index (χ1n) is 6.88. The zero-order valence-corrected chi connectivity index (χ0v) is 12.8. The van der Waals surface area contributed by atoms with Crippen LogP contribution in [0.1, 0.15) is 15.9 Å². The van der Waals surface area contributed by atoms with E-state index in [-0.39, 0.29) is 11.3 Å². The largest absolute Gasteiger partial charge is 0.507 e. The fraction of sp³-hybridized carbons (Fsp3) is 0.118.